The first-order valence-electron chi connectivity index (χ1n) is 10.8. The summed E-state index contributed by atoms with van der Waals surface area (Å²) in [6, 6.07) is 8.31. The number of aromatic nitrogens is 3. The normalized spacial score (nSPS) is 12.7. The van der Waals surface area contributed by atoms with Gasteiger partial charge in [0.15, 0.2) is 0 Å². The van der Waals surface area contributed by atoms with Crippen molar-refractivity contribution in [3.63, 3.8) is 0 Å². The zero-order valence-electron chi connectivity index (χ0n) is 18.7. The van der Waals surface area contributed by atoms with E-state index >= 15 is 0 Å². The summed E-state index contributed by atoms with van der Waals surface area (Å²) in [4.78, 5) is 18.6. The minimum atomic E-state index is -3.61. The topological polar surface area (TPSA) is 97.2 Å². The zero-order chi connectivity index (χ0) is 23.1. The van der Waals surface area contributed by atoms with Crippen LogP contribution in [0.1, 0.15) is 43.9 Å². The maximum atomic E-state index is 12.8. The molecule has 0 saturated carbocycles. The fourth-order valence-corrected chi connectivity index (χ4v) is 4.62. The van der Waals surface area contributed by atoms with E-state index in [4.69, 9.17) is 0 Å². The average molecular weight is 456 g/mol. The van der Waals surface area contributed by atoms with Crippen LogP contribution >= 0.6 is 0 Å². The summed E-state index contributed by atoms with van der Waals surface area (Å²) >= 11 is 0. The molecule has 0 spiro atoms. The first-order valence-corrected chi connectivity index (χ1v) is 12.3. The van der Waals surface area contributed by atoms with E-state index < -0.39 is 9.84 Å². The van der Waals surface area contributed by atoms with Gasteiger partial charge in [-0.1, -0.05) is 32.9 Å². The Labute approximate surface area is 189 Å². The first kappa shape index (κ1) is 23.5. The van der Waals surface area contributed by atoms with Gasteiger partial charge in [-0.05, 0) is 41.3 Å². The van der Waals surface area contributed by atoms with E-state index in [1.54, 1.807) is 52.4 Å². The molecule has 32 heavy (non-hydrogen) atoms. The highest BCUT2D eigenvalue weighted by molar-refractivity contribution is 7.91. The van der Waals surface area contributed by atoms with Crippen LogP contribution in [0, 0.1) is 0 Å². The van der Waals surface area contributed by atoms with Gasteiger partial charge in [0.2, 0.25) is 9.84 Å². The number of carbonyl (C=O) groups excluding carboxylic acids is 1. The van der Waals surface area contributed by atoms with Gasteiger partial charge in [-0.2, -0.15) is 5.10 Å². The van der Waals surface area contributed by atoms with Crippen molar-refractivity contribution in [3.8, 4) is 0 Å². The third-order valence-corrected chi connectivity index (χ3v) is 6.79. The number of urea groups is 1. The minimum absolute atomic E-state index is 0.161. The smallest absolute Gasteiger partial charge is 0.318 e. The molecular weight excluding hydrogens is 426 g/mol. The highest BCUT2D eigenvalue weighted by Gasteiger charge is 2.23. The molecule has 0 aliphatic carbocycles. The summed E-state index contributed by atoms with van der Waals surface area (Å²) in [6.45, 7) is 8.10. The van der Waals surface area contributed by atoms with Crippen molar-refractivity contribution < 1.29 is 13.2 Å². The Morgan fingerprint density at radius 1 is 1.03 bits per heavy atom. The van der Waals surface area contributed by atoms with E-state index in [9.17, 15) is 13.2 Å². The predicted molar refractivity (Wildman–Crippen MR) is 121 cm³/mol. The Balaban J connectivity index is 0.00000141. The molecule has 2 amide bonds. The van der Waals surface area contributed by atoms with Crippen molar-refractivity contribution in [1.82, 2.24) is 25.0 Å². The van der Waals surface area contributed by atoms with E-state index in [0.717, 1.165) is 23.1 Å². The van der Waals surface area contributed by atoms with Gasteiger partial charge in [-0.15, -0.1) is 0 Å². The molecule has 8 nitrogen and oxygen atoms in total. The maximum absolute atomic E-state index is 12.8. The van der Waals surface area contributed by atoms with Crippen molar-refractivity contribution in [2.45, 2.75) is 63.2 Å². The molecule has 9 heteroatoms. The number of benzene rings is 1. The van der Waals surface area contributed by atoms with Gasteiger partial charge in [0.1, 0.15) is 4.90 Å². The largest absolute Gasteiger partial charge is 0.334 e. The van der Waals surface area contributed by atoms with Crippen LogP contribution in [0.2, 0.25) is 0 Å². The molecule has 1 aliphatic rings. The minimum Gasteiger partial charge on any atom is -0.334 e. The molecule has 0 bridgehead atoms. The second kappa shape index (κ2) is 10.4. The van der Waals surface area contributed by atoms with E-state index in [1.807, 2.05) is 26.8 Å². The third-order valence-electron chi connectivity index (χ3n) is 5.06. The van der Waals surface area contributed by atoms with Crippen LogP contribution in [0.25, 0.3) is 0 Å². The summed E-state index contributed by atoms with van der Waals surface area (Å²) in [5.41, 5.74) is 2.99. The Morgan fingerprint density at radius 2 is 1.75 bits per heavy atom. The standard InChI is InChI=1S/C21H23N5O3S.C2H6/c1-2-9-26-15-20(12-24-26)30(28,29)19-5-3-16(4-6-19)10-23-21(27)25-13-17-7-8-22-11-18(17)14-25;1-2/h3-8,11-12,15H,2,9-10,13-14H2,1H3,(H,23,27);1-2H3. The number of rotatable bonds is 6. The van der Waals surface area contributed by atoms with Gasteiger partial charge in [0.25, 0.3) is 0 Å². The van der Waals surface area contributed by atoms with Crippen molar-refractivity contribution in [3.05, 3.63) is 71.8 Å². The number of pyridine rings is 1. The second-order valence-corrected chi connectivity index (χ2v) is 9.20. The summed E-state index contributed by atoms with van der Waals surface area (Å²) in [7, 11) is -3.61. The molecule has 0 radical (unpaired) electrons. The van der Waals surface area contributed by atoms with Crippen LogP contribution in [0.15, 0.2) is 64.9 Å². The van der Waals surface area contributed by atoms with E-state index in [-0.39, 0.29) is 15.8 Å². The lowest BCUT2D eigenvalue weighted by Gasteiger charge is -2.16. The van der Waals surface area contributed by atoms with Gasteiger partial charge in [0, 0.05) is 44.8 Å². The molecule has 1 aliphatic heterocycles. The number of nitrogens with zero attached hydrogens (tertiary/aromatic N) is 4. The highest BCUT2D eigenvalue weighted by atomic mass is 32.2. The molecule has 170 valence electrons. The Morgan fingerprint density at radius 3 is 2.44 bits per heavy atom. The Hall–Kier alpha value is -3.20. The molecular formula is C23H29N5O3S. The molecule has 0 saturated heterocycles. The van der Waals surface area contributed by atoms with Crippen LogP contribution in [0.3, 0.4) is 0 Å². The Bertz CT molecular complexity index is 1130. The Kier molecular flexibility index (Phi) is 7.63. The van der Waals surface area contributed by atoms with E-state index in [2.05, 4.69) is 15.4 Å². The molecule has 0 unspecified atom stereocenters. The monoisotopic (exact) mass is 455 g/mol. The van der Waals surface area contributed by atoms with Gasteiger partial charge in [-0.3, -0.25) is 9.67 Å². The molecule has 0 fully saturated rings. The number of aryl methyl sites for hydroxylation is 1. The summed E-state index contributed by atoms with van der Waals surface area (Å²) in [6.07, 6.45) is 7.32. The van der Waals surface area contributed by atoms with Gasteiger partial charge in [0.05, 0.1) is 11.1 Å². The summed E-state index contributed by atoms with van der Waals surface area (Å²) < 4.78 is 27.2. The zero-order valence-corrected chi connectivity index (χ0v) is 19.5. The van der Waals surface area contributed by atoms with Gasteiger partial charge < -0.3 is 10.2 Å². The van der Waals surface area contributed by atoms with E-state index in [1.165, 1.54) is 6.20 Å². The number of hydrogen-bond acceptors (Lipinski definition) is 5. The third kappa shape index (κ3) is 5.16. The predicted octanol–water partition coefficient (Wildman–Crippen LogP) is 3.77. The van der Waals surface area contributed by atoms with Crippen LogP contribution in [0.4, 0.5) is 4.79 Å². The second-order valence-electron chi connectivity index (χ2n) is 7.25. The van der Waals surface area contributed by atoms with Crippen LogP contribution in [-0.2, 0) is 36.0 Å². The van der Waals surface area contributed by atoms with Crippen molar-refractivity contribution in [1.29, 1.82) is 0 Å². The van der Waals surface area contributed by atoms with Gasteiger partial charge in [-0.25, -0.2) is 13.2 Å². The fraction of sp³-hybridized carbons (Fsp3) is 0.348. The molecule has 1 N–H and O–H groups in total. The number of hydrogen-bond donors (Lipinski definition) is 1. The molecule has 2 aromatic heterocycles. The van der Waals surface area contributed by atoms with Crippen LogP contribution in [-0.4, -0.2) is 34.1 Å². The van der Waals surface area contributed by atoms with Gasteiger partial charge >= 0.3 is 6.03 Å². The lowest BCUT2D eigenvalue weighted by Crippen LogP contribution is -2.35. The molecule has 0 atom stereocenters. The summed E-state index contributed by atoms with van der Waals surface area (Å²) in [5, 5.41) is 6.99. The molecule has 4 rings (SSSR count). The fourth-order valence-electron chi connectivity index (χ4n) is 3.41. The number of sulfone groups is 1. The quantitative estimate of drug-likeness (QED) is 0.610. The number of fused-ring (bicyclic) bond motifs is 1. The number of amides is 2. The lowest BCUT2D eigenvalue weighted by molar-refractivity contribution is 0.198. The molecule has 1 aromatic carbocycles. The van der Waals surface area contributed by atoms with Crippen molar-refractivity contribution in [2.24, 2.45) is 0 Å². The molecule has 3 aromatic rings. The molecule has 3 heterocycles. The number of carbonyl (C=O) groups is 1. The van der Waals surface area contributed by atoms with Crippen LogP contribution < -0.4 is 5.32 Å². The summed E-state index contributed by atoms with van der Waals surface area (Å²) in [5.74, 6) is 0. The maximum Gasteiger partial charge on any atom is 0.318 e. The van der Waals surface area contributed by atoms with E-state index in [0.29, 0.717) is 26.2 Å². The number of nitrogens with one attached hydrogen (secondary N) is 1. The SMILES string of the molecule is CC.CCCn1cc(S(=O)(=O)c2ccc(CNC(=O)N3Cc4ccncc4C3)cc2)cn1. The van der Waals surface area contributed by atoms with Crippen LogP contribution in [0.5, 0.6) is 0 Å². The first-order chi connectivity index (χ1) is 15.5. The highest BCUT2D eigenvalue weighted by Crippen LogP contribution is 2.22. The average Bonchev–Trinajstić information content (AvgIpc) is 3.47. The van der Waals surface area contributed by atoms with Crippen molar-refractivity contribution >= 4 is 15.9 Å². The van der Waals surface area contributed by atoms with Crippen molar-refractivity contribution in [2.75, 3.05) is 0 Å². The lowest BCUT2D eigenvalue weighted by atomic mass is 10.2.